The van der Waals surface area contributed by atoms with Crippen LogP contribution in [0, 0.1) is 17.7 Å². The molecular formula is C16H12FNO. The number of carbonyl (C=O) groups excluding carboxylic acids is 1. The summed E-state index contributed by atoms with van der Waals surface area (Å²) < 4.78 is 13.5. The Morgan fingerprint density at radius 1 is 1.05 bits per heavy atom. The van der Waals surface area contributed by atoms with Crippen molar-refractivity contribution in [2.24, 2.45) is 0 Å². The number of para-hydroxylation sites is 1. The van der Waals surface area contributed by atoms with Gasteiger partial charge in [0.25, 0.3) is 0 Å². The van der Waals surface area contributed by atoms with E-state index in [1.165, 1.54) is 24.1 Å². The lowest BCUT2D eigenvalue weighted by molar-refractivity contribution is -0.113. The van der Waals surface area contributed by atoms with Crippen LogP contribution in [0.1, 0.15) is 5.56 Å². The fourth-order valence-corrected chi connectivity index (χ4v) is 1.56. The second-order valence-electron chi connectivity index (χ2n) is 3.93. The highest BCUT2D eigenvalue weighted by atomic mass is 19.1. The van der Waals surface area contributed by atoms with Crippen LogP contribution in [0.5, 0.6) is 0 Å². The molecule has 0 spiro atoms. The first kappa shape index (κ1) is 12.8. The number of amides is 1. The summed E-state index contributed by atoms with van der Waals surface area (Å²) in [6, 6.07) is 15.3. The topological polar surface area (TPSA) is 20.3 Å². The van der Waals surface area contributed by atoms with Crippen molar-refractivity contribution in [2.75, 3.05) is 11.9 Å². The van der Waals surface area contributed by atoms with Gasteiger partial charge < -0.3 is 4.90 Å². The smallest absolute Gasteiger partial charge is 0.302 e. The highest BCUT2D eigenvalue weighted by molar-refractivity contribution is 6.05. The molecule has 0 fully saturated rings. The lowest BCUT2D eigenvalue weighted by Crippen LogP contribution is -2.25. The first-order valence-electron chi connectivity index (χ1n) is 5.78. The summed E-state index contributed by atoms with van der Waals surface area (Å²) in [6.07, 6.45) is 0. The molecule has 0 aromatic heterocycles. The molecule has 0 heterocycles. The molecule has 2 aromatic rings. The van der Waals surface area contributed by atoms with Gasteiger partial charge in [0.1, 0.15) is 5.82 Å². The number of nitrogens with zero attached hydrogens (tertiary/aromatic N) is 1. The Hall–Kier alpha value is -2.60. The SMILES string of the molecule is CN(C(=O)C#Cc1ccccc1)c1ccccc1F. The molecule has 2 aromatic carbocycles. The molecule has 2 rings (SSSR count). The summed E-state index contributed by atoms with van der Waals surface area (Å²) in [5.74, 6) is 4.35. The van der Waals surface area contributed by atoms with Crippen LogP contribution < -0.4 is 4.90 Å². The Bertz CT molecular complexity index is 641. The van der Waals surface area contributed by atoms with Crippen LogP contribution in [0.15, 0.2) is 54.6 Å². The molecule has 0 radical (unpaired) electrons. The Balaban J connectivity index is 2.18. The van der Waals surface area contributed by atoms with Gasteiger partial charge in [-0.05, 0) is 24.3 Å². The molecule has 0 saturated carbocycles. The second-order valence-corrected chi connectivity index (χ2v) is 3.93. The van der Waals surface area contributed by atoms with Crippen LogP contribution in [0.25, 0.3) is 0 Å². The van der Waals surface area contributed by atoms with Crippen molar-refractivity contribution in [3.8, 4) is 11.8 Å². The third-order valence-corrected chi connectivity index (χ3v) is 2.61. The minimum Gasteiger partial charge on any atom is -0.302 e. The summed E-state index contributed by atoms with van der Waals surface area (Å²) in [5, 5.41) is 0. The van der Waals surface area contributed by atoms with Crippen molar-refractivity contribution in [3.05, 3.63) is 66.0 Å². The number of carbonyl (C=O) groups is 1. The van der Waals surface area contributed by atoms with Crippen molar-refractivity contribution in [3.63, 3.8) is 0 Å². The largest absolute Gasteiger partial charge is 0.303 e. The van der Waals surface area contributed by atoms with Crippen LogP contribution in [0.4, 0.5) is 10.1 Å². The zero-order chi connectivity index (χ0) is 13.7. The third-order valence-electron chi connectivity index (χ3n) is 2.61. The van der Waals surface area contributed by atoms with E-state index in [4.69, 9.17) is 0 Å². The van der Waals surface area contributed by atoms with Gasteiger partial charge in [-0.3, -0.25) is 4.79 Å². The van der Waals surface area contributed by atoms with Crippen molar-refractivity contribution in [1.82, 2.24) is 0 Å². The standard InChI is InChI=1S/C16H12FNO/c1-18(15-10-6-5-9-14(15)17)16(19)12-11-13-7-3-2-4-8-13/h2-10H,1H3. The second kappa shape index (κ2) is 5.83. The Labute approximate surface area is 111 Å². The van der Waals surface area contributed by atoms with E-state index in [1.54, 1.807) is 12.1 Å². The molecule has 0 unspecified atom stereocenters. The molecular weight excluding hydrogens is 241 g/mol. The molecule has 0 aliphatic rings. The maximum absolute atomic E-state index is 13.5. The van der Waals surface area contributed by atoms with Crippen LogP contribution >= 0.6 is 0 Å². The Morgan fingerprint density at radius 3 is 2.37 bits per heavy atom. The summed E-state index contributed by atoms with van der Waals surface area (Å²) >= 11 is 0. The maximum atomic E-state index is 13.5. The van der Waals surface area contributed by atoms with Gasteiger partial charge in [-0.15, -0.1) is 0 Å². The fourth-order valence-electron chi connectivity index (χ4n) is 1.56. The van der Waals surface area contributed by atoms with Gasteiger partial charge in [-0.1, -0.05) is 36.3 Å². The third kappa shape index (κ3) is 3.20. The van der Waals surface area contributed by atoms with Crippen molar-refractivity contribution in [1.29, 1.82) is 0 Å². The average molecular weight is 253 g/mol. The summed E-state index contributed by atoms with van der Waals surface area (Å²) in [6.45, 7) is 0. The molecule has 0 bridgehead atoms. The number of anilines is 1. The monoisotopic (exact) mass is 253 g/mol. The normalized spacial score (nSPS) is 9.37. The molecule has 0 aliphatic carbocycles. The first-order valence-corrected chi connectivity index (χ1v) is 5.78. The molecule has 2 nitrogen and oxygen atoms in total. The first-order chi connectivity index (χ1) is 9.18. The van der Waals surface area contributed by atoms with Crippen LogP contribution in [-0.2, 0) is 4.79 Å². The quantitative estimate of drug-likeness (QED) is 0.716. The van der Waals surface area contributed by atoms with Crippen molar-refractivity contribution in [2.45, 2.75) is 0 Å². The number of hydrogen-bond donors (Lipinski definition) is 0. The lowest BCUT2D eigenvalue weighted by Gasteiger charge is -2.14. The predicted octanol–water partition coefficient (Wildman–Crippen LogP) is 2.84. The van der Waals surface area contributed by atoms with Gasteiger partial charge in [0.2, 0.25) is 0 Å². The molecule has 0 aliphatic heterocycles. The highest BCUT2D eigenvalue weighted by Gasteiger charge is 2.11. The molecule has 94 valence electrons. The van der Waals surface area contributed by atoms with E-state index in [9.17, 15) is 9.18 Å². The minimum atomic E-state index is -0.450. The number of halogens is 1. The van der Waals surface area contributed by atoms with E-state index in [2.05, 4.69) is 11.8 Å². The van der Waals surface area contributed by atoms with Gasteiger partial charge in [0, 0.05) is 18.5 Å². The minimum absolute atomic E-state index is 0.217. The van der Waals surface area contributed by atoms with E-state index in [1.807, 2.05) is 30.3 Å². The molecule has 0 N–H and O–H groups in total. The summed E-state index contributed by atoms with van der Waals surface area (Å²) in [5.41, 5.74) is 0.965. The van der Waals surface area contributed by atoms with Crippen molar-refractivity contribution < 1.29 is 9.18 Å². The lowest BCUT2D eigenvalue weighted by atomic mass is 10.2. The van der Waals surface area contributed by atoms with Gasteiger partial charge in [0.05, 0.1) is 5.69 Å². The molecule has 1 amide bonds. The van der Waals surface area contributed by atoms with Crippen LogP contribution in [0.2, 0.25) is 0 Å². The van der Waals surface area contributed by atoms with Gasteiger partial charge in [-0.25, -0.2) is 4.39 Å². The summed E-state index contributed by atoms with van der Waals surface area (Å²) in [7, 11) is 1.50. The number of rotatable bonds is 1. The summed E-state index contributed by atoms with van der Waals surface area (Å²) in [4.78, 5) is 13.1. The van der Waals surface area contributed by atoms with Gasteiger partial charge in [-0.2, -0.15) is 0 Å². The van der Waals surface area contributed by atoms with E-state index < -0.39 is 11.7 Å². The molecule has 19 heavy (non-hydrogen) atoms. The maximum Gasteiger partial charge on any atom is 0.303 e. The molecule has 3 heteroatoms. The van der Waals surface area contributed by atoms with Crippen molar-refractivity contribution >= 4 is 11.6 Å². The zero-order valence-electron chi connectivity index (χ0n) is 10.4. The van der Waals surface area contributed by atoms with E-state index in [0.29, 0.717) is 0 Å². The molecule has 0 atom stereocenters. The van der Waals surface area contributed by atoms with Crippen LogP contribution in [0.3, 0.4) is 0 Å². The fraction of sp³-hybridized carbons (Fsp3) is 0.0625. The predicted molar refractivity (Wildman–Crippen MR) is 73.1 cm³/mol. The van der Waals surface area contributed by atoms with E-state index >= 15 is 0 Å². The zero-order valence-corrected chi connectivity index (χ0v) is 10.4. The Morgan fingerprint density at radius 2 is 1.68 bits per heavy atom. The van der Waals surface area contributed by atoms with E-state index in [-0.39, 0.29) is 5.69 Å². The highest BCUT2D eigenvalue weighted by Crippen LogP contribution is 2.16. The Kier molecular flexibility index (Phi) is 3.94. The van der Waals surface area contributed by atoms with Gasteiger partial charge >= 0.3 is 5.91 Å². The van der Waals surface area contributed by atoms with E-state index in [0.717, 1.165) is 5.56 Å². The molecule has 0 saturated heterocycles. The average Bonchev–Trinajstić information content (AvgIpc) is 2.45. The number of hydrogen-bond acceptors (Lipinski definition) is 1. The van der Waals surface area contributed by atoms with Gasteiger partial charge in [0.15, 0.2) is 0 Å². The number of benzene rings is 2. The van der Waals surface area contributed by atoms with Crippen LogP contribution in [-0.4, -0.2) is 13.0 Å².